The first kappa shape index (κ1) is 9.57. The highest BCUT2D eigenvalue weighted by molar-refractivity contribution is 5.79. The summed E-state index contributed by atoms with van der Waals surface area (Å²) in [6, 6.07) is 0.613. The van der Waals surface area contributed by atoms with E-state index in [4.69, 9.17) is 0 Å². The number of halogens is 3. The van der Waals surface area contributed by atoms with E-state index in [9.17, 15) is 18.0 Å². The Morgan fingerprint density at radius 3 is 2.38 bits per heavy atom. The van der Waals surface area contributed by atoms with Crippen molar-refractivity contribution in [2.45, 2.75) is 0 Å². The van der Waals surface area contributed by atoms with Crippen LogP contribution >= 0.6 is 0 Å². The molecule has 1 aromatic carbocycles. The van der Waals surface area contributed by atoms with Crippen molar-refractivity contribution in [1.29, 1.82) is 0 Å². The van der Waals surface area contributed by atoms with E-state index in [0.29, 0.717) is 6.07 Å². The third kappa shape index (κ3) is 1.49. The lowest BCUT2D eigenvalue weighted by Gasteiger charge is -2.05. The second-order valence-electron chi connectivity index (χ2n) is 2.22. The van der Waals surface area contributed by atoms with Gasteiger partial charge in [-0.05, 0) is 0 Å². The van der Waals surface area contributed by atoms with Crippen LogP contribution in [0.25, 0.3) is 0 Å². The number of rotatable bonds is 2. The predicted octanol–water partition coefficient (Wildman–Crippen LogP) is 1.93. The number of carbonyl (C=O) groups is 1. The number of benzene rings is 1. The van der Waals surface area contributed by atoms with Crippen molar-refractivity contribution in [3.63, 3.8) is 0 Å². The first-order valence-electron chi connectivity index (χ1n) is 3.28. The molecular formula is C8H5F3O2. The average Bonchev–Trinajstić information content (AvgIpc) is 2.13. The molecule has 0 aliphatic rings. The zero-order chi connectivity index (χ0) is 10.0. The minimum atomic E-state index is -1.68. The van der Waals surface area contributed by atoms with Crippen molar-refractivity contribution in [2.24, 2.45) is 0 Å². The molecule has 0 saturated carbocycles. The molecule has 0 amide bonds. The van der Waals surface area contributed by atoms with E-state index >= 15 is 0 Å². The lowest BCUT2D eigenvalue weighted by Crippen LogP contribution is -2.00. The molecule has 5 heteroatoms. The quantitative estimate of drug-likeness (QED) is 0.526. The van der Waals surface area contributed by atoms with Crippen molar-refractivity contribution in [2.75, 3.05) is 7.11 Å². The summed E-state index contributed by atoms with van der Waals surface area (Å²) < 4.78 is 42.3. The van der Waals surface area contributed by atoms with Gasteiger partial charge in [-0.1, -0.05) is 0 Å². The Morgan fingerprint density at radius 1 is 1.31 bits per heavy atom. The summed E-state index contributed by atoms with van der Waals surface area (Å²) in [4.78, 5) is 10.3. The standard InChI is InChI=1S/C8H5F3O2/c1-13-6-2-5(9)8(11)7(10)4(6)3-12/h2-3H,1H3. The maximum absolute atomic E-state index is 12.8. The zero-order valence-corrected chi connectivity index (χ0v) is 6.61. The Hall–Kier alpha value is -1.52. The molecule has 2 nitrogen and oxygen atoms in total. The van der Waals surface area contributed by atoms with Gasteiger partial charge in [0.05, 0.1) is 12.7 Å². The maximum atomic E-state index is 12.8. The topological polar surface area (TPSA) is 26.3 Å². The molecule has 0 fully saturated rings. The molecule has 13 heavy (non-hydrogen) atoms. The highest BCUT2D eigenvalue weighted by Gasteiger charge is 2.18. The molecule has 0 unspecified atom stereocenters. The van der Waals surface area contributed by atoms with Gasteiger partial charge in [0.1, 0.15) is 5.75 Å². The average molecular weight is 190 g/mol. The van der Waals surface area contributed by atoms with Gasteiger partial charge in [-0.3, -0.25) is 4.79 Å². The number of hydrogen-bond acceptors (Lipinski definition) is 2. The molecule has 0 spiro atoms. The van der Waals surface area contributed by atoms with Crippen LogP contribution in [0.1, 0.15) is 10.4 Å². The fourth-order valence-corrected chi connectivity index (χ4v) is 0.866. The minimum absolute atomic E-state index is 0.0662. The summed E-state index contributed by atoms with van der Waals surface area (Å²) in [7, 11) is 1.12. The summed E-state index contributed by atoms with van der Waals surface area (Å²) in [6.45, 7) is 0. The SMILES string of the molecule is COc1cc(F)c(F)c(F)c1C=O. The molecule has 1 aromatic rings. The van der Waals surface area contributed by atoms with Crippen molar-refractivity contribution in [3.8, 4) is 5.75 Å². The number of methoxy groups -OCH3 is 1. The van der Waals surface area contributed by atoms with Crippen LogP contribution in [0.4, 0.5) is 13.2 Å². The Morgan fingerprint density at radius 2 is 1.92 bits per heavy atom. The fourth-order valence-electron chi connectivity index (χ4n) is 0.866. The van der Waals surface area contributed by atoms with E-state index in [1.807, 2.05) is 0 Å². The molecular weight excluding hydrogens is 185 g/mol. The molecule has 0 aliphatic carbocycles. The first-order valence-corrected chi connectivity index (χ1v) is 3.28. The second-order valence-corrected chi connectivity index (χ2v) is 2.22. The number of aldehydes is 1. The molecule has 0 N–H and O–H groups in total. The summed E-state index contributed by atoms with van der Waals surface area (Å²) in [5, 5.41) is 0. The first-order chi connectivity index (χ1) is 6.11. The Labute approximate surface area is 71.9 Å². The monoisotopic (exact) mass is 190 g/mol. The molecule has 70 valence electrons. The zero-order valence-electron chi connectivity index (χ0n) is 6.61. The third-order valence-corrected chi connectivity index (χ3v) is 1.50. The number of carbonyl (C=O) groups excluding carboxylic acids is 1. The fraction of sp³-hybridized carbons (Fsp3) is 0.125. The van der Waals surface area contributed by atoms with Crippen LogP contribution in [-0.2, 0) is 0 Å². The van der Waals surface area contributed by atoms with Crippen molar-refractivity contribution in [3.05, 3.63) is 29.1 Å². The Kier molecular flexibility index (Phi) is 2.55. The molecule has 0 heterocycles. The Bertz CT molecular complexity index is 350. The van der Waals surface area contributed by atoms with E-state index in [2.05, 4.69) is 4.74 Å². The van der Waals surface area contributed by atoms with Crippen molar-refractivity contribution >= 4 is 6.29 Å². The van der Waals surface area contributed by atoms with Crippen molar-refractivity contribution < 1.29 is 22.7 Å². The lowest BCUT2D eigenvalue weighted by molar-refractivity contribution is 0.111. The van der Waals surface area contributed by atoms with Gasteiger partial charge in [0.15, 0.2) is 23.7 Å². The van der Waals surface area contributed by atoms with Gasteiger partial charge in [-0.25, -0.2) is 13.2 Å². The van der Waals surface area contributed by atoms with E-state index in [1.54, 1.807) is 0 Å². The van der Waals surface area contributed by atoms with Crippen LogP contribution in [0.5, 0.6) is 5.75 Å². The molecule has 0 atom stereocenters. The summed E-state index contributed by atoms with van der Waals surface area (Å²) in [5.41, 5.74) is -0.624. The van der Waals surface area contributed by atoms with Crippen LogP contribution in [-0.4, -0.2) is 13.4 Å². The van der Waals surface area contributed by atoms with E-state index in [-0.39, 0.29) is 12.0 Å². The van der Waals surface area contributed by atoms with Crippen molar-refractivity contribution in [1.82, 2.24) is 0 Å². The Balaban J connectivity index is 3.47. The highest BCUT2D eigenvalue weighted by atomic mass is 19.2. The van der Waals surface area contributed by atoms with Crippen LogP contribution in [0.3, 0.4) is 0 Å². The van der Waals surface area contributed by atoms with Gasteiger partial charge in [0.25, 0.3) is 0 Å². The second kappa shape index (κ2) is 3.47. The molecule has 0 saturated heterocycles. The van der Waals surface area contributed by atoms with Crippen LogP contribution in [0.15, 0.2) is 6.07 Å². The van der Waals surface area contributed by atoms with Gasteiger partial charge in [0, 0.05) is 6.07 Å². The molecule has 0 aromatic heterocycles. The molecule has 1 rings (SSSR count). The summed E-state index contributed by atoms with van der Waals surface area (Å²) in [5.74, 6) is -4.93. The summed E-state index contributed by atoms with van der Waals surface area (Å²) >= 11 is 0. The molecule has 0 aliphatic heterocycles. The highest BCUT2D eigenvalue weighted by Crippen LogP contribution is 2.24. The minimum Gasteiger partial charge on any atom is -0.496 e. The van der Waals surface area contributed by atoms with E-state index in [1.165, 1.54) is 0 Å². The van der Waals surface area contributed by atoms with Crippen LogP contribution in [0, 0.1) is 17.5 Å². The maximum Gasteiger partial charge on any atom is 0.195 e. The third-order valence-electron chi connectivity index (χ3n) is 1.50. The molecule has 0 bridgehead atoms. The number of hydrogen-bond donors (Lipinski definition) is 0. The predicted molar refractivity (Wildman–Crippen MR) is 38.3 cm³/mol. The van der Waals surface area contributed by atoms with Gasteiger partial charge < -0.3 is 4.74 Å². The van der Waals surface area contributed by atoms with Gasteiger partial charge in [-0.15, -0.1) is 0 Å². The van der Waals surface area contributed by atoms with E-state index in [0.717, 1.165) is 7.11 Å². The lowest BCUT2D eigenvalue weighted by atomic mass is 10.2. The summed E-state index contributed by atoms with van der Waals surface area (Å²) in [6.07, 6.45) is 0.0662. The van der Waals surface area contributed by atoms with Gasteiger partial charge >= 0.3 is 0 Å². The van der Waals surface area contributed by atoms with Gasteiger partial charge in [0.2, 0.25) is 0 Å². The largest absolute Gasteiger partial charge is 0.496 e. The van der Waals surface area contributed by atoms with Crippen LogP contribution < -0.4 is 4.74 Å². The van der Waals surface area contributed by atoms with Crippen LogP contribution in [0.2, 0.25) is 0 Å². The molecule has 0 radical (unpaired) electrons. The van der Waals surface area contributed by atoms with E-state index < -0.39 is 23.0 Å². The number of ether oxygens (including phenoxy) is 1. The smallest absolute Gasteiger partial charge is 0.195 e. The van der Waals surface area contributed by atoms with Gasteiger partial charge in [-0.2, -0.15) is 0 Å². The normalized spacial score (nSPS) is 9.85.